The van der Waals surface area contributed by atoms with E-state index in [9.17, 15) is 14.7 Å². The molecule has 12 heteroatoms. The summed E-state index contributed by atoms with van der Waals surface area (Å²) < 4.78 is 26.7. The Morgan fingerprint density at radius 3 is 2.58 bits per heavy atom. The lowest BCUT2D eigenvalue weighted by Crippen LogP contribution is -2.60. The van der Waals surface area contributed by atoms with Crippen LogP contribution in [0.25, 0.3) is 11.3 Å². The molecule has 5 heterocycles. The average Bonchev–Trinajstić information content (AvgIpc) is 3.05. The number of halogens is 2. The Bertz CT molecular complexity index is 1350. The smallest absolute Gasteiger partial charge is 0.261 e. The number of phenolic OH excluding ortho intramolecular Hbond substituents is 1. The van der Waals surface area contributed by atoms with Gasteiger partial charge in [-0.15, -0.1) is 0 Å². The van der Waals surface area contributed by atoms with Gasteiger partial charge in [0.25, 0.3) is 5.91 Å². The topological polar surface area (TPSA) is 98.7 Å². The third-order valence-corrected chi connectivity index (χ3v) is 8.59. The maximum Gasteiger partial charge on any atom is 0.261 e. The van der Waals surface area contributed by atoms with E-state index in [-0.39, 0.29) is 64.4 Å². The zero-order valence-corrected chi connectivity index (χ0v) is 22.9. The zero-order chi connectivity index (χ0) is 28.1. The van der Waals surface area contributed by atoms with Crippen molar-refractivity contribution in [1.29, 1.82) is 0 Å². The minimum atomic E-state index is -0.695. The van der Waals surface area contributed by atoms with Crippen LogP contribution in [0.15, 0.2) is 30.9 Å². The molecule has 0 aliphatic carbocycles. The summed E-state index contributed by atoms with van der Waals surface area (Å²) in [5, 5.41) is 10.6. The Labute approximate surface area is 236 Å². The molecule has 0 spiro atoms. The molecule has 1 aromatic heterocycles. The highest BCUT2D eigenvalue weighted by Crippen LogP contribution is 2.46. The van der Waals surface area contributed by atoms with Gasteiger partial charge in [-0.1, -0.05) is 24.2 Å². The maximum atomic E-state index is 15.1. The number of phenols is 1. The van der Waals surface area contributed by atoms with E-state index < -0.39 is 11.9 Å². The van der Waals surface area contributed by atoms with Crippen molar-refractivity contribution < 1.29 is 28.6 Å². The molecule has 40 heavy (non-hydrogen) atoms. The Hall–Kier alpha value is -3.41. The first kappa shape index (κ1) is 26.8. The van der Waals surface area contributed by atoms with E-state index in [1.165, 1.54) is 24.3 Å². The fourth-order valence-corrected chi connectivity index (χ4v) is 6.25. The van der Waals surface area contributed by atoms with E-state index in [0.29, 0.717) is 44.7 Å². The van der Waals surface area contributed by atoms with Gasteiger partial charge in [-0.25, -0.2) is 9.37 Å². The van der Waals surface area contributed by atoms with Gasteiger partial charge in [0.05, 0.1) is 30.9 Å². The second-order valence-corrected chi connectivity index (χ2v) is 11.0. The molecule has 6 rings (SSSR count). The summed E-state index contributed by atoms with van der Waals surface area (Å²) in [7, 11) is 0. The minimum absolute atomic E-state index is 0.00386. The predicted octanol–water partition coefficient (Wildman–Crippen LogP) is 2.39. The number of aromatic hydroxyl groups is 1. The highest BCUT2D eigenvalue weighted by atomic mass is 35.5. The van der Waals surface area contributed by atoms with Gasteiger partial charge in [-0.3, -0.25) is 14.5 Å². The average molecular weight is 572 g/mol. The Morgan fingerprint density at radius 1 is 1.12 bits per heavy atom. The molecule has 0 bridgehead atoms. The van der Waals surface area contributed by atoms with Gasteiger partial charge in [0.1, 0.15) is 40.3 Å². The number of nitrogens with zero attached hydrogens (tertiary/aromatic N) is 5. The summed E-state index contributed by atoms with van der Waals surface area (Å²) in [6, 6.07) is 3.89. The van der Waals surface area contributed by atoms with Gasteiger partial charge in [0, 0.05) is 45.3 Å². The Kier molecular flexibility index (Phi) is 7.05. The molecule has 0 saturated carbocycles. The largest absolute Gasteiger partial charge is 0.507 e. The number of carbonyl (C=O) groups excluding carboxylic acids is 2. The normalized spacial score (nSPS) is 23.6. The second kappa shape index (κ2) is 10.5. The number of hydrogen-bond donors (Lipinski definition) is 1. The van der Waals surface area contributed by atoms with Gasteiger partial charge < -0.3 is 29.3 Å². The number of ether oxygens (including phenoxy) is 2. The number of hydrogen-bond acceptors (Lipinski definition) is 8. The van der Waals surface area contributed by atoms with Gasteiger partial charge in [-0.05, 0) is 25.1 Å². The predicted molar refractivity (Wildman–Crippen MR) is 146 cm³/mol. The number of amides is 2. The van der Waals surface area contributed by atoms with E-state index >= 15 is 4.39 Å². The van der Waals surface area contributed by atoms with Crippen LogP contribution in [0.2, 0.25) is 5.02 Å². The number of rotatable bonds is 4. The molecule has 0 unspecified atom stereocenters. The second-order valence-electron chi connectivity index (χ2n) is 10.6. The summed E-state index contributed by atoms with van der Waals surface area (Å²) >= 11 is 6.83. The van der Waals surface area contributed by atoms with Crippen LogP contribution in [-0.2, 0) is 9.53 Å². The molecular formula is C28H31ClFN5O5. The molecule has 10 nitrogen and oxygen atoms in total. The first-order valence-corrected chi connectivity index (χ1v) is 13.8. The molecule has 2 aromatic rings. The Morgan fingerprint density at radius 2 is 1.90 bits per heavy atom. The van der Waals surface area contributed by atoms with Gasteiger partial charge in [0.2, 0.25) is 5.91 Å². The molecule has 4 aliphatic rings. The van der Waals surface area contributed by atoms with Crippen molar-refractivity contribution in [1.82, 2.24) is 19.7 Å². The molecule has 1 N–H and O–H groups in total. The fraction of sp³-hybridized carbons (Fsp3) is 0.464. The molecule has 1 aromatic carbocycles. The number of fused-ring (bicyclic) bond motifs is 2. The van der Waals surface area contributed by atoms with Crippen LogP contribution in [0.3, 0.4) is 0 Å². The molecular weight excluding hydrogens is 541 g/mol. The molecule has 4 aliphatic heterocycles. The fourth-order valence-electron chi connectivity index (χ4n) is 5.96. The number of carbonyl (C=O) groups is 2. The van der Waals surface area contributed by atoms with Crippen molar-refractivity contribution in [2.24, 2.45) is 0 Å². The number of pyridine rings is 1. The summed E-state index contributed by atoms with van der Waals surface area (Å²) in [6.45, 7) is 10.1. The first-order chi connectivity index (χ1) is 19.3. The number of aromatic nitrogens is 1. The minimum Gasteiger partial charge on any atom is -0.507 e. The summed E-state index contributed by atoms with van der Waals surface area (Å²) in [5.74, 6) is -1.09. The summed E-state index contributed by atoms with van der Waals surface area (Å²) in [4.78, 5) is 39.0. The van der Waals surface area contributed by atoms with Crippen LogP contribution in [0.1, 0.15) is 17.3 Å². The Balaban J connectivity index is 1.45. The lowest BCUT2D eigenvalue weighted by Gasteiger charge is -2.46. The molecule has 2 amide bonds. The van der Waals surface area contributed by atoms with Gasteiger partial charge in [-0.2, -0.15) is 0 Å². The van der Waals surface area contributed by atoms with E-state index in [1.54, 1.807) is 9.80 Å². The molecule has 2 atom stereocenters. The van der Waals surface area contributed by atoms with E-state index in [1.807, 2.05) is 4.90 Å². The standard InChI is InChI=1S/C28H31ClFN5O5/c1-3-21(37)33-8-10-35-17(12-33)15-40-26-23(28(35)38)27(34-9-7-32(11-16(34)2)18-13-39-14-18)31-25(24(26)29)22-19(30)5-4-6-20(22)36/h3-6,16-18,36H,1,7-15H2,2H3/t16-,17-/m1/s1. The zero-order valence-electron chi connectivity index (χ0n) is 22.2. The van der Waals surface area contributed by atoms with Crippen LogP contribution in [-0.4, -0.2) is 114 Å². The number of anilines is 1. The van der Waals surface area contributed by atoms with E-state index in [0.717, 1.165) is 13.1 Å². The molecule has 0 radical (unpaired) electrons. The van der Waals surface area contributed by atoms with Crippen molar-refractivity contribution in [3.63, 3.8) is 0 Å². The molecule has 3 fully saturated rings. The van der Waals surface area contributed by atoms with Crippen LogP contribution in [0.4, 0.5) is 10.2 Å². The lowest BCUT2D eigenvalue weighted by molar-refractivity contribution is -0.128. The third kappa shape index (κ3) is 4.46. The summed E-state index contributed by atoms with van der Waals surface area (Å²) in [5.41, 5.74) is 0.0576. The lowest BCUT2D eigenvalue weighted by atomic mass is 10.0. The van der Waals surface area contributed by atoms with E-state index in [4.69, 9.17) is 26.1 Å². The van der Waals surface area contributed by atoms with E-state index in [2.05, 4.69) is 18.4 Å². The maximum absolute atomic E-state index is 15.1. The van der Waals surface area contributed by atoms with Crippen molar-refractivity contribution in [3.05, 3.63) is 47.3 Å². The van der Waals surface area contributed by atoms with Crippen LogP contribution >= 0.6 is 11.6 Å². The van der Waals surface area contributed by atoms with Crippen molar-refractivity contribution in [2.75, 3.05) is 64.0 Å². The highest BCUT2D eigenvalue weighted by molar-refractivity contribution is 6.35. The SMILES string of the molecule is C=CC(=O)N1CCN2C(=O)c3c(N4CCN(C5COC5)C[C@H]4C)nc(-c4c(O)cccc4F)c(Cl)c3OC[C@H]2C1. The van der Waals surface area contributed by atoms with Gasteiger partial charge in [0.15, 0.2) is 5.75 Å². The molecule has 3 saturated heterocycles. The first-order valence-electron chi connectivity index (χ1n) is 13.4. The molecule has 212 valence electrons. The number of benzene rings is 1. The van der Waals surface area contributed by atoms with Crippen molar-refractivity contribution >= 4 is 29.2 Å². The number of piperazine rings is 2. The van der Waals surface area contributed by atoms with Gasteiger partial charge >= 0.3 is 0 Å². The van der Waals surface area contributed by atoms with Crippen LogP contribution < -0.4 is 9.64 Å². The van der Waals surface area contributed by atoms with Crippen LogP contribution in [0, 0.1) is 5.82 Å². The van der Waals surface area contributed by atoms with Crippen molar-refractivity contribution in [3.8, 4) is 22.8 Å². The monoisotopic (exact) mass is 571 g/mol. The summed E-state index contributed by atoms with van der Waals surface area (Å²) in [6.07, 6.45) is 1.26. The van der Waals surface area contributed by atoms with Crippen LogP contribution in [0.5, 0.6) is 11.5 Å². The van der Waals surface area contributed by atoms with Crippen molar-refractivity contribution in [2.45, 2.75) is 25.0 Å². The highest BCUT2D eigenvalue weighted by Gasteiger charge is 2.42. The quantitative estimate of drug-likeness (QED) is 0.559. The third-order valence-electron chi connectivity index (χ3n) is 8.24.